The fourth-order valence-corrected chi connectivity index (χ4v) is 3.32. The molecule has 3 aromatic rings. The number of rotatable bonds is 4. The topological polar surface area (TPSA) is 101 Å². The van der Waals surface area contributed by atoms with Crippen LogP contribution in [0.5, 0.6) is 11.5 Å². The third-order valence-corrected chi connectivity index (χ3v) is 4.76. The molecule has 0 aliphatic carbocycles. The van der Waals surface area contributed by atoms with Crippen molar-refractivity contribution in [1.82, 2.24) is 25.1 Å². The summed E-state index contributed by atoms with van der Waals surface area (Å²) < 4.78 is 11.2. The first-order valence-corrected chi connectivity index (χ1v) is 9.48. The van der Waals surface area contributed by atoms with Gasteiger partial charge in [0.15, 0.2) is 17.3 Å². The maximum atomic E-state index is 5.63. The number of hydrogen-bond acceptors (Lipinski definition) is 10. The van der Waals surface area contributed by atoms with Crippen LogP contribution in [0, 0.1) is 0 Å². The second-order valence-electron chi connectivity index (χ2n) is 6.65. The molecule has 0 atom stereocenters. The van der Waals surface area contributed by atoms with Gasteiger partial charge in [0, 0.05) is 50.3 Å². The summed E-state index contributed by atoms with van der Waals surface area (Å²) >= 11 is 0. The molecule has 10 heteroatoms. The van der Waals surface area contributed by atoms with Crippen molar-refractivity contribution in [2.75, 3.05) is 54.5 Å². The van der Waals surface area contributed by atoms with Crippen molar-refractivity contribution in [1.29, 1.82) is 0 Å². The molecule has 0 radical (unpaired) electrons. The van der Waals surface area contributed by atoms with Gasteiger partial charge in [-0.05, 0) is 18.2 Å². The molecule has 29 heavy (non-hydrogen) atoms. The zero-order valence-electron chi connectivity index (χ0n) is 15.7. The first kappa shape index (κ1) is 17.4. The van der Waals surface area contributed by atoms with E-state index in [9.17, 15) is 0 Å². The van der Waals surface area contributed by atoms with Crippen molar-refractivity contribution in [2.24, 2.45) is 0 Å². The summed E-state index contributed by atoms with van der Waals surface area (Å²) in [5, 5.41) is 11.6. The molecular formula is C19H20N8O2. The summed E-state index contributed by atoms with van der Waals surface area (Å²) in [5.41, 5.74) is 0.853. The third kappa shape index (κ3) is 3.82. The SMILES string of the molecule is c1cnc(N2CCN(c3nncc(Nc4ccc5c(c4)OCCO5)n3)CC2)nc1. The lowest BCUT2D eigenvalue weighted by molar-refractivity contribution is 0.171. The van der Waals surface area contributed by atoms with Crippen LogP contribution in [0.1, 0.15) is 0 Å². The minimum absolute atomic E-state index is 0.551. The second kappa shape index (κ2) is 7.74. The summed E-state index contributed by atoms with van der Waals surface area (Å²) in [4.78, 5) is 17.5. The Kier molecular flexibility index (Phi) is 4.65. The average Bonchev–Trinajstić information content (AvgIpc) is 2.80. The van der Waals surface area contributed by atoms with E-state index in [4.69, 9.17) is 9.47 Å². The molecule has 4 heterocycles. The lowest BCUT2D eigenvalue weighted by atomic mass is 10.2. The lowest BCUT2D eigenvalue weighted by Crippen LogP contribution is -2.47. The Hall–Kier alpha value is -3.69. The number of fused-ring (bicyclic) bond motifs is 1. The Morgan fingerprint density at radius 2 is 1.59 bits per heavy atom. The normalized spacial score (nSPS) is 15.9. The minimum atomic E-state index is 0.551. The van der Waals surface area contributed by atoms with Gasteiger partial charge in [-0.2, -0.15) is 10.1 Å². The summed E-state index contributed by atoms with van der Waals surface area (Å²) in [6, 6.07) is 7.53. The van der Waals surface area contributed by atoms with Crippen molar-refractivity contribution in [2.45, 2.75) is 0 Å². The highest BCUT2D eigenvalue weighted by atomic mass is 16.6. The smallest absolute Gasteiger partial charge is 0.247 e. The van der Waals surface area contributed by atoms with Gasteiger partial charge < -0.3 is 24.6 Å². The quantitative estimate of drug-likeness (QED) is 0.703. The number of hydrogen-bond donors (Lipinski definition) is 1. The molecule has 0 amide bonds. The highest BCUT2D eigenvalue weighted by molar-refractivity contribution is 5.61. The van der Waals surface area contributed by atoms with Crippen LogP contribution < -0.4 is 24.6 Å². The van der Waals surface area contributed by atoms with E-state index in [0.717, 1.165) is 49.3 Å². The van der Waals surface area contributed by atoms with Crippen molar-refractivity contribution >= 4 is 23.4 Å². The molecule has 0 saturated carbocycles. The molecule has 1 N–H and O–H groups in total. The van der Waals surface area contributed by atoms with Crippen LogP contribution in [0.3, 0.4) is 0 Å². The number of aromatic nitrogens is 5. The Bertz CT molecular complexity index is 979. The average molecular weight is 392 g/mol. The number of ether oxygens (including phenoxy) is 2. The van der Waals surface area contributed by atoms with E-state index in [1.54, 1.807) is 18.6 Å². The number of nitrogens with zero attached hydrogens (tertiary/aromatic N) is 7. The van der Waals surface area contributed by atoms with Gasteiger partial charge in [0.05, 0.1) is 6.20 Å². The maximum absolute atomic E-state index is 5.63. The molecule has 0 spiro atoms. The van der Waals surface area contributed by atoms with Crippen molar-refractivity contribution in [3.05, 3.63) is 42.9 Å². The fourth-order valence-electron chi connectivity index (χ4n) is 3.32. The molecule has 1 fully saturated rings. The van der Waals surface area contributed by atoms with E-state index < -0.39 is 0 Å². The summed E-state index contributed by atoms with van der Waals surface area (Å²) in [6.45, 7) is 4.26. The summed E-state index contributed by atoms with van der Waals surface area (Å²) in [6.07, 6.45) is 5.12. The molecule has 2 aromatic heterocycles. The minimum Gasteiger partial charge on any atom is -0.486 e. The van der Waals surface area contributed by atoms with Crippen molar-refractivity contribution in [3.8, 4) is 11.5 Å². The number of anilines is 4. The Labute approximate surface area is 167 Å². The van der Waals surface area contributed by atoms with Gasteiger partial charge >= 0.3 is 0 Å². The van der Waals surface area contributed by atoms with Crippen LogP contribution in [0.2, 0.25) is 0 Å². The highest BCUT2D eigenvalue weighted by Crippen LogP contribution is 2.33. The van der Waals surface area contributed by atoms with Gasteiger partial charge in [0.1, 0.15) is 13.2 Å². The standard InChI is InChI=1S/C19H20N8O2/c1-4-20-18(21-5-1)26-6-8-27(9-7-26)19-24-17(13-22-25-19)23-14-2-3-15-16(12-14)29-11-10-28-15/h1-5,12-13H,6-11H2,(H,23,24,25). The molecule has 148 valence electrons. The molecular weight excluding hydrogens is 372 g/mol. The Morgan fingerprint density at radius 3 is 2.38 bits per heavy atom. The zero-order chi connectivity index (χ0) is 19.5. The Morgan fingerprint density at radius 1 is 0.862 bits per heavy atom. The van der Waals surface area contributed by atoms with E-state index in [1.807, 2.05) is 24.3 Å². The number of piperazine rings is 1. The molecule has 2 aliphatic heterocycles. The van der Waals surface area contributed by atoms with E-state index in [-0.39, 0.29) is 0 Å². The third-order valence-electron chi connectivity index (χ3n) is 4.76. The Balaban J connectivity index is 1.26. The highest BCUT2D eigenvalue weighted by Gasteiger charge is 2.21. The van der Waals surface area contributed by atoms with Gasteiger partial charge in [-0.15, -0.1) is 5.10 Å². The van der Waals surface area contributed by atoms with E-state index in [0.29, 0.717) is 25.0 Å². The van der Waals surface area contributed by atoms with Crippen LogP contribution in [0.15, 0.2) is 42.9 Å². The van der Waals surface area contributed by atoms with Gasteiger partial charge in [0.2, 0.25) is 11.9 Å². The second-order valence-corrected chi connectivity index (χ2v) is 6.65. The molecule has 2 aliphatic rings. The van der Waals surface area contributed by atoms with Crippen molar-refractivity contribution in [3.63, 3.8) is 0 Å². The van der Waals surface area contributed by atoms with E-state index >= 15 is 0 Å². The molecule has 0 unspecified atom stereocenters. The van der Waals surface area contributed by atoms with E-state index in [2.05, 4.69) is 40.3 Å². The predicted molar refractivity (Wildman–Crippen MR) is 107 cm³/mol. The largest absolute Gasteiger partial charge is 0.486 e. The fraction of sp³-hybridized carbons (Fsp3) is 0.316. The van der Waals surface area contributed by atoms with Crippen LogP contribution in [0.4, 0.5) is 23.4 Å². The molecule has 1 saturated heterocycles. The van der Waals surface area contributed by atoms with Crippen LogP contribution in [-0.4, -0.2) is 64.5 Å². The van der Waals surface area contributed by atoms with Gasteiger partial charge in [0.25, 0.3) is 0 Å². The van der Waals surface area contributed by atoms with Gasteiger partial charge in [-0.25, -0.2) is 9.97 Å². The van der Waals surface area contributed by atoms with Gasteiger partial charge in [-0.3, -0.25) is 0 Å². The summed E-state index contributed by atoms with van der Waals surface area (Å²) in [7, 11) is 0. The van der Waals surface area contributed by atoms with Crippen LogP contribution in [-0.2, 0) is 0 Å². The zero-order valence-corrected chi connectivity index (χ0v) is 15.7. The molecule has 5 rings (SSSR count). The number of benzene rings is 1. The maximum Gasteiger partial charge on any atom is 0.247 e. The van der Waals surface area contributed by atoms with Crippen molar-refractivity contribution < 1.29 is 9.47 Å². The first-order chi connectivity index (χ1) is 14.3. The lowest BCUT2D eigenvalue weighted by Gasteiger charge is -2.34. The monoisotopic (exact) mass is 392 g/mol. The molecule has 1 aromatic carbocycles. The van der Waals surface area contributed by atoms with E-state index in [1.165, 1.54) is 0 Å². The molecule has 0 bridgehead atoms. The van der Waals surface area contributed by atoms with Crippen LogP contribution >= 0.6 is 0 Å². The predicted octanol–water partition coefficient (Wildman–Crippen LogP) is 1.50. The number of nitrogens with one attached hydrogen (secondary N) is 1. The molecule has 10 nitrogen and oxygen atoms in total. The van der Waals surface area contributed by atoms with Gasteiger partial charge in [-0.1, -0.05) is 0 Å². The van der Waals surface area contributed by atoms with Crippen LogP contribution in [0.25, 0.3) is 0 Å². The first-order valence-electron chi connectivity index (χ1n) is 9.48. The summed E-state index contributed by atoms with van der Waals surface area (Å²) in [5.74, 6) is 3.45.